The van der Waals surface area contributed by atoms with Crippen molar-refractivity contribution in [3.63, 3.8) is 0 Å². The summed E-state index contributed by atoms with van der Waals surface area (Å²) in [6.07, 6.45) is 2.37. The molecule has 0 radical (unpaired) electrons. The lowest BCUT2D eigenvalue weighted by atomic mass is 10.2. The predicted molar refractivity (Wildman–Crippen MR) is 108 cm³/mol. The molecule has 1 aromatic rings. The number of halogens is 1. The molecule has 1 fully saturated rings. The van der Waals surface area contributed by atoms with E-state index in [2.05, 4.69) is 51.4 Å². The van der Waals surface area contributed by atoms with Crippen molar-refractivity contribution in [3.05, 3.63) is 27.8 Å². The van der Waals surface area contributed by atoms with E-state index in [1.54, 1.807) is 0 Å². The maximum Gasteiger partial charge on any atom is 0.414 e. The third kappa shape index (κ3) is 9.93. The molecule has 0 unspecified atom stereocenters. The Labute approximate surface area is 168 Å². The molecule has 26 heavy (non-hydrogen) atoms. The maximum absolute atomic E-state index is 9.10. The summed E-state index contributed by atoms with van der Waals surface area (Å²) >= 11 is 2.31. The highest BCUT2D eigenvalue weighted by atomic mass is 127. The van der Waals surface area contributed by atoms with Crippen molar-refractivity contribution in [2.75, 3.05) is 45.9 Å². The number of unbranched alkanes of at least 4 members (excludes halogenated alkanes) is 1. The van der Waals surface area contributed by atoms with Crippen LogP contribution in [-0.2, 0) is 9.59 Å². The van der Waals surface area contributed by atoms with Crippen LogP contribution >= 0.6 is 22.6 Å². The van der Waals surface area contributed by atoms with Crippen LogP contribution in [0.4, 0.5) is 0 Å². The molecule has 0 aromatic heterocycles. The van der Waals surface area contributed by atoms with Crippen molar-refractivity contribution in [1.29, 1.82) is 0 Å². The number of carbonyl (C=O) groups is 2. The molecular weight excluding hydrogens is 451 g/mol. The monoisotopic (exact) mass is 478 g/mol. The molecule has 0 spiro atoms. The molecule has 1 heterocycles. The Balaban J connectivity index is 0.000000487. The standard InChI is InChI=1S/C16H25IN2O.C2H2O4/c1-2-18-10-12-19(13-11-18)9-3-4-14-20-16-7-5-15(17)6-8-16;3-1(4)2(5)6/h5-8H,2-4,9-14H2,1H3;(H,3,4)(H,5,6). The van der Waals surface area contributed by atoms with E-state index in [-0.39, 0.29) is 0 Å². The molecule has 0 atom stereocenters. The smallest absolute Gasteiger partial charge is 0.414 e. The molecule has 1 aliphatic heterocycles. The topological polar surface area (TPSA) is 90.3 Å². The summed E-state index contributed by atoms with van der Waals surface area (Å²) in [5.74, 6) is -2.66. The van der Waals surface area contributed by atoms with Crippen molar-refractivity contribution in [1.82, 2.24) is 9.80 Å². The minimum atomic E-state index is -1.82. The Morgan fingerprint density at radius 3 is 2.04 bits per heavy atom. The number of carboxylic acid groups (broad SMARTS) is 2. The van der Waals surface area contributed by atoms with Crippen molar-refractivity contribution in [3.8, 4) is 5.75 Å². The molecule has 2 N–H and O–H groups in total. The van der Waals surface area contributed by atoms with E-state index in [9.17, 15) is 0 Å². The van der Waals surface area contributed by atoms with E-state index >= 15 is 0 Å². The molecule has 2 rings (SSSR count). The van der Waals surface area contributed by atoms with Gasteiger partial charge in [0.25, 0.3) is 0 Å². The van der Waals surface area contributed by atoms with Crippen molar-refractivity contribution in [2.24, 2.45) is 0 Å². The number of carboxylic acids is 2. The van der Waals surface area contributed by atoms with Crippen LogP contribution in [-0.4, -0.2) is 77.8 Å². The zero-order valence-corrected chi connectivity index (χ0v) is 17.2. The average Bonchev–Trinajstić information content (AvgIpc) is 2.64. The Morgan fingerprint density at radius 2 is 1.54 bits per heavy atom. The number of rotatable bonds is 7. The second-order valence-electron chi connectivity index (χ2n) is 5.90. The average molecular weight is 478 g/mol. The van der Waals surface area contributed by atoms with Gasteiger partial charge in [-0.05, 0) is 72.8 Å². The van der Waals surface area contributed by atoms with Crippen LogP contribution in [0.25, 0.3) is 0 Å². The highest BCUT2D eigenvalue weighted by molar-refractivity contribution is 14.1. The van der Waals surface area contributed by atoms with Crippen molar-refractivity contribution < 1.29 is 24.5 Å². The number of hydrogen-bond donors (Lipinski definition) is 2. The number of aliphatic carboxylic acids is 2. The van der Waals surface area contributed by atoms with Gasteiger partial charge in [0.15, 0.2) is 0 Å². The summed E-state index contributed by atoms with van der Waals surface area (Å²) in [5.41, 5.74) is 0. The quantitative estimate of drug-likeness (QED) is 0.353. The Morgan fingerprint density at radius 1 is 1.00 bits per heavy atom. The van der Waals surface area contributed by atoms with Gasteiger partial charge in [-0.25, -0.2) is 9.59 Å². The van der Waals surface area contributed by atoms with Crippen LogP contribution in [0.2, 0.25) is 0 Å². The number of nitrogens with zero attached hydrogens (tertiary/aromatic N) is 2. The zero-order chi connectivity index (χ0) is 19.4. The van der Waals surface area contributed by atoms with Gasteiger partial charge in [0.2, 0.25) is 0 Å². The van der Waals surface area contributed by atoms with E-state index in [4.69, 9.17) is 24.5 Å². The number of likely N-dealkylation sites (N-methyl/N-ethyl adjacent to an activating group) is 1. The first kappa shape index (κ1) is 22.7. The lowest BCUT2D eigenvalue weighted by Gasteiger charge is -2.33. The molecule has 0 bridgehead atoms. The lowest BCUT2D eigenvalue weighted by Crippen LogP contribution is -2.46. The van der Waals surface area contributed by atoms with Gasteiger partial charge in [-0.2, -0.15) is 0 Å². The highest BCUT2D eigenvalue weighted by Crippen LogP contribution is 2.14. The van der Waals surface area contributed by atoms with Crippen LogP contribution in [0.15, 0.2) is 24.3 Å². The summed E-state index contributed by atoms with van der Waals surface area (Å²) in [4.78, 5) is 23.3. The zero-order valence-electron chi connectivity index (χ0n) is 15.1. The molecule has 146 valence electrons. The molecule has 0 aliphatic carbocycles. The fraction of sp³-hybridized carbons (Fsp3) is 0.556. The second kappa shape index (κ2) is 12.9. The maximum atomic E-state index is 9.10. The molecule has 1 aromatic carbocycles. The third-order valence-electron chi connectivity index (χ3n) is 4.05. The van der Waals surface area contributed by atoms with E-state index in [0.29, 0.717) is 0 Å². The molecule has 1 aliphatic rings. The molecule has 0 amide bonds. The molecular formula is C18H27IN2O5. The lowest BCUT2D eigenvalue weighted by molar-refractivity contribution is -0.159. The van der Waals surface area contributed by atoms with Gasteiger partial charge in [-0.15, -0.1) is 0 Å². The minimum Gasteiger partial charge on any atom is -0.494 e. The fourth-order valence-electron chi connectivity index (χ4n) is 2.49. The summed E-state index contributed by atoms with van der Waals surface area (Å²) in [7, 11) is 0. The molecule has 8 heteroatoms. The van der Waals surface area contributed by atoms with Crippen molar-refractivity contribution >= 4 is 34.5 Å². The molecule has 0 saturated carbocycles. The van der Waals surface area contributed by atoms with Gasteiger partial charge in [0.1, 0.15) is 5.75 Å². The molecule has 1 saturated heterocycles. The number of benzene rings is 1. The largest absolute Gasteiger partial charge is 0.494 e. The van der Waals surface area contributed by atoms with Crippen LogP contribution < -0.4 is 4.74 Å². The Bertz CT molecular complexity index is 533. The Hall–Kier alpha value is -1.39. The van der Waals surface area contributed by atoms with E-state index < -0.39 is 11.9 Å². The number of ether oxygens (including phenoxy) is 1. The second-order valence-corrected chi connectivity index (χ2v) is 7.14. The van der Waals surface area contributed by atoms with E-state index in [0.717, 1.165) is 18.8 Å². The number of hydrogen-bond acceptors (Lipinski definition) is 5. The van der Waals surface area contributed by atoms with Gasteiger partial charge < -0.3 is 24.7 Å². The Kier molecular flexibility index (Phi) is 11.2. The minimum absolute atomic E-state index is 0.829. The molecule has 7 nitrogen and oxygen atoms in total. The fourth-order valence-corrected chi connectivity index (χ4v) is 2.85. The van der Waals surface area contributed by atoms with Crippen LogP contribution in [0.1, 0.15) is 19.8 Å². The first-order chi connectivity index (χ1) is 12.4. The van der Waals surface area contributed by atoms with Gasteiger partial charge in [0.05, 0.1) is 6.61 Å². The van der Waals surface area contributed by atoms with Gasteiger partial charge >= 0.3 is 11.9 Å². The summed E-state index contributed by atoms with van der Waals surface area (Å²) in [6.45, 7) is 10.4. The number of piperazine rings is 1. The van der Waals surface area contributed by atoms with Gasteiger partial charge in [0, 0.05) is 29.7 Å². The first-order valence-electron chi connectivity index (χ1n) is 8.71. The SMILES string of the molecule is CCN1CCN(CCCCOc2ccc(I)cc2)CC1.O=C(O)C(=O)O. The van der Waals surface area contributed by atoms with E-state index in [1.165, 1.54) is 49.3 Å². The van der Waals surface area contributed by atoms with E-state index in [1.807, 2.05) is 12.1 Å². The first-order valence-corrected chi connectivity index (χ1v) is 9.79. The summed E-state index contributed by atoms with van der Waals surface area (Å²) < 4.78 is 7.01. The van der Waals surface area contributed by atoms with Crippen LogP contribution in [0.5, 0.6) is 5.75 Å². The highest BCUT2D eigenvalue weighted by Gasteiger charge is 2.14. The van der Waals surface area contributed by atoms with Crippen LogP contribution in [0.3, 0.4) is 0 Å². The predicted octanol–water partition coefficient (Wildman–Crippen LogP) is 2.24. The van der Waals surface area contributed by atoms with Crippen molar-refractivity contribution in [2.45, 2.75) is 19.8 Å². The van der Waals surface area contributed by atoms with Gasteiger partial charge in [-0.3, -0.25) is 0 Å². The normalized spacial score (nSPS) is 15.0. The van der Waals surface area contributed by atoms with Crippen LogP contribution in [0, 0.1) is 3.57 Å². The summed E-state index contributed by atoms with van der Waals surface area (Å²) in [6, 6.07) is 8.27. The van der Waals surface area contributed by atoms with Gasteiger partial charge in [-0.1, -0.05) is 6.92 Å². The third-order valence-corrected chi connectivity index (χ3v) is 4.77. The summed E-state index contributed by atoms with van der Waals surface area (Å²) in [5, 5.41) is 14.8.